The predicted molar refractivity (Wildman–Crippen MR) is 103 cm³/mol. The van der Waals surface area contributed by atoms with Gasteiger partial charge in [0.25, 0.3) is 0 Å². The smallest absolute Gasteiger partial charge is 0.305 e. The van der Waals surface area contributed by atoms with Gasteiger partial charge in [0.1, 0.15) is 22.7 Å². The van der Waals surface area contributed by atoms with Gasteiger partial charge < -0.3 is 14.8 Å². The summed E-state index contributed by atoms with van der Waals surface area (Å²) in [7, 11) is 0. The fourth-order valence-corrected chi connectivity index (χ4v) is 2.61. The number of fused-ring (bicyclic) bond motifs is 1. The molecule has 2 heterocycles. The Balaban J connectivity index is 1.71. The van der Waals surface area contributed by atoms with Gasteiger partial charge in [-0.05, 0) is 37.6 Å². The van der Waals surface area contributed by atoms with E-state index in [1.54, 1.807) is 19.1 Å². The predicted octanol–water partition coefficient (Wildman–Crippen LogP) is 4.14. The van der Waals surface area contributed by atoms with E-state index in [1.807, 2.05) is 24.3 Å². The van der Waals surface area contributed by atoms with Crippen molar-refractivity contribution in [2.24, 2.45) is 0 Å². The maximum absolute atomic E-state index is 11.4. The highest BCUT2D eigenvalue weighted by atomic mass is 35.5. The van der Waals surface area contributed by atoms with Crippen LogP contribution in [0.1, 0.15) is 19.8 Å². The van der Waals surface area contributed by atoms with E-state index in [4.69, 9.17) is 21.1 Å². The van der Waals surface area contributed by atoms with Crippen LogP contribution in [-0.4, -0.2) is 34.1 Å². The first kappa shape index (κ1) is 18.8. The fourth-order valence-electron chi connectivity index (χ4n) is 2.46. The number of carbonyl (C=O) groups is 1. The van der Waals surface area contributed by atoms with Crippen LogP contribution in [-0.2, 0) is 9.53 Å². The van der Waals surface area contributed by atoms with E-state index in [9.17, 15) is 4.79 Å². The highest BCUT2D eigenvalue weighted by Gasteiger charge is 2.10. The normalized spacial score (nSPS) is 10.6. The highest BCUT2D eigenvalue weighted by molar-refractivity contribution is 6.29. The number of para-hydroxylation sites is 2. The third-order valence-corrected chi connectivity index (χ3v) is 3.89. The van der Waals surface area contributed by atoms with Crippen LogP contribution in [0.5, 0.6) is 5.75 Å². The second kappa shape index (κ2) is 9.14. The molecule has 0 amide bonds. The molecule has 2 aromatic heterocycles. The van der Waals surface area contributed by atoms with E-state index in [0.29, 0.717) is 53.8 Å². The number of carbonyl (C=O) groups excluding carboxylic acids is 1. The molecule has 1 aromatic carbocycles. The monoisotopic (exact) mass is 386 g/mol. The summed E-state index contributed by atoms with van der Waals surface area (Å²) in [5, 5.41) is 3.59. The topological polar surface area (TPSA) is 86.2 Å². The molecule has 0 fully saturated rings. The van der Waals surface area contributed by atoms with E-state index in [0.717, 1.165) is 5.69 Å². The summed E-state index contributed by atoms with van der Waals surface area (Å²) in [6.45, 7) is 2.57. The van der Waals surface area contributed by atoms with Crippen LogP contribution in [0.2, 0.25) is 5.15 Å². The lowest BCUT2D eigenvalue weighted by molar-refractivity contribution is -0.143. The largest absolute Gasteiger partial charge is 0.491 e. The molecular weight excluding hydrogens is 368 g/mol. The van der Waals surface area contributed by atoms with Crippen LogP contribution in [0.3, 0.4) is 0 Å². The molecule has 0 aliphatic carbocycles. The molecule has 0 atom stereocenters. The number of hydrogen-bond donors (Lipinski definition) is 1. The van der Waals surface area contributed by atoms with Crippen LogP contribution in [0.4, 0.5) is 11.5 Å². The van der Waals surface area contributed by atoms with Gasteiger partial charge in [-0.15, -0.1) is 0 Å². The van der Waals surface area contributed by atoms with Gasteiger partial charge in [0, 0.05) is 6.42 Å². The maximum atomic E-state index is 11.4. The molecule has 0 aliphatic heterocycles. The van der Waals surface area contributed by atoms with Crippen LogP contribution in [0, 0.1) is 0 Å². The van der Waals surface area contributed by atoms with Crippen molar-refractivity contribution < 1.29 is 14.3 Å². The Morgan fingerprint density at radius 1 is 1.19 bits per heavy atom. The number of halogens is 1. The summed E-state index contributed by atoms with van der Waals surface area (Å²) in [5.41, 5.74) is 1.99. The van der Waals surface area contributed by atoms with E-state index in [1.165, 1.54) is 6.33 Å². The minimum atomic E-state index is -0.220. The number of ether oxygens (including phenoxy) is 2. The Bertz CT molecular complexity index is 936. The zero-order chi connectivity index (χ0) is 19.1. The van der Waals surface area contributed by atoms with Crippen molar-refractivity contribution in [3.05, 3.63) is 47.9 Å². The standard InChI is InChI=1S/C19H19ClN4O3/c1-2-26-17(25)8-5-11-27-15-7-4-3-6-13(15)23-19-18-14(21-12-22-19)9-10-16(20)24-18/h3-4,6-7,9-10,12H,2,5,8,11H2,1H3,(H,21,22,23). The molecule has 0 unspecified atom stereocenters. The number of hydrogen-bond acceptors (Lipinski definition) is 7. The summed E-state index contributed by atoms with van der Waals surface area (Å²) in [4.78, 5) is 24.1. The number of aromatic nitrogens is 3. The molecule has 0 saturated carbocycles. The molecule has 140 valence electrons. The summed E-state index contributed by atoms with van der Waals surface area (Å²) < 4.78 is 10.7. The van der Waals surface area contributed by atoms with Crippen molar-refractivity contribution in [3.8, 4) is 5.75 Å². The molecule has 0 spiro atoms. The van der Waals surface area contributed by atoms with Gasteiger partial charge in [-0.25, -0.2) is 15.0 Å². The van der Waals surface area contributed by atoms with Crippen molar-refractivity contribution in [1.29, 1.82) is 0 Å². The Hall–Kier alpha value is -2.93. The van der Waals surface area contributed by atoms with E-state index in [2.05, 4.69) is 20.3 Å². The highest BCUT2D eigenvalue weighted by Crippen LogP contribution is 2.29. The Morgan fingerprint density at radius 3 is 2.89 bits per heavy atom. The summed E-state index contributed by atoms with van der Waals surface area (Å²) >= 11 is 6.00. The van der Waals surface area contributed by atoms with Crippen molar-refractivity contribution in [2.75, 3.05) is 18.5 Å². The van der Waals surface area contributed by atoms with Gasteiger partial charge in [-0.2, -0.15) is 0 Å². The second-order valence-electron chi connectivity index (χ2n) is 5.60. The van der Waals surface area contributed by atoms with Crippen LogP contribution in [0.25, 0.3) is 11.0 Å². The molecule has 3 rings (SSSR count). The van der Waals surface area contributed by atoms with Gasteiger partial charge in [0.2, 0.25) is 0 Å². The van der Waals surface area contributed by atoms with Crippen LogP contribution < -0.4 is 10.1 Å². The van der Waals surface area contributed by atoms with Crippen LogP contribution >= 0.6 is 11.6 Å². The third kappa shape index (κ3) is 5.04. The van der Waals surface area contributed by atoms with E-state index in [-0.39, 0.29) is 5.97 Å². The van der Waals surface area contributed by atoms with Gasteiger partial charge in [0.15, 0.2) is 5.82 Å². The minimum Gasteiger partial charge on any atom is -0.491 e. The van der Waals surface area contributed by atoms with Crippen molar-refractivity contribution >= 4 is 40.1 Å². The molecule has 8 heteroatoms. The zero-order valence-electron chi connectivity index (χ0n) is 14.8. The quantitative estimate of drug-likeness (QED) is 0.353. The molecule has 1 N–H and O–H groups in total. The fraction of sp³-hybridized carbons (Fsp3) is 0.263. The molecule has 0 bridgehead atoms. The Kier molecular flexibility index (Phi) is 6.38. The molecule has 0 saturated heterocycles. The molecule has 0 aliphatic rings. The number of anilines is 2. The Labute approximate surface area is 161 Å². The lowest BCUT2D eigenvalue weighted by Gasteiger charge is -2.13. The first-order valence-corrected chi connectivity index (χ1v) is 8.97. The second-order valence-corrected chi connectivity index (χ2v) is 5.99. The number of rotatable bonds is 8. The van der Waals surface area contributed by atoms with E-state index >= 15 is 0 Å². The van der Waals surface area contributed by atoms with Gasteiger partial charge in [-0.3, -0.25) is 4.79 Å². The average molecular weight is 387 g/mol. The summed E-state index contributed by atoms with van der Waals surface area (Å²) in [6, 6.07) is 10.9. The van der Waals surface area contributed by atoms with Crippen molar-refractivity contribution in [3.63, 3.8) is 0 Å². The first-order valence-electron chi connectivity index (χ1n) is 8.59. The van der Waals surface area contributed by atoms with Crippen LogP contribution in [0.15, 0.2) is 42.7 Å². The average Bonchev–Trinajstić information content (AvgIpc) is 2.67. The number of pyridine rings is 1. The SMILES string of the molecule is CCOC(=O)CCCOc1ccccc1Nc1ncnc2ccc(Cl)nc12. The van der Waals surface area contributed by atoms with Gasteiger partial charge in [0.05, 0.1) is 24.4 Å². The molecule has 3 aromatic rings. The molecular formula is C19H19ClN4O3. The first-order chi connectivity index (χ1) is 13.2. The zero-order valence-corrected chi connectivity index (χ0v) is 15.6. The van der Waals surface area contributed by atoms with E-state index < -0.39 is 0 Å². The van der Waals surface area contributed by atoms with Crippen molar-refractivity contribution in [1.82, 2.24) is 15.0 Å². The molecule has 7 nitrogen and oxygen atoms in total. The van der Waals surface area contributed by atoms with Gasteiger partial charge in [-0.1, -0.05) is 23.7 Å². The molecule has 27 heavy (non-hydrogen) atoms. The molecule has 0 radical (unpaired) electrons. The lowest BCUT2D eigenvalue weighted by atomic mass is 10.2. The number of nitrogens with one attached hydrogen (secondary N) is 1. The van der Waals surface area contributed by atoms with Gasteiger partial charge >= 0.3 is 5.97 Å². The number of benzene rings is 1. The summed E-state index contributed by atoms with van der Waals surface area (Å²) in [5.74, 6) is 0.961. The Morgan fingerprint density at radius 2 is 2.04 bits per heavy atom. The third-order valence-electron chi connectivity index (χ3n) is 3.68. The number of esters is 1. The number of nitrogens with zero attached hydrogens (tertiary/aromatic N) is 3. The van der Waals surface area contributed by atoms with Crippen molar-refractivity contribution in [2.45, 2.75) is 19.8 Å². The summed E-state index contributed by atoms with van der Waals surface area (Å²) in [6.07, 6.45) is 2.35. The maximum Gasteiger partial charge on any atom is 0.305 e. The lowest BCUT2D eigenvalue weighted by Crippen LogP contribution is -2.07. The minimum absolute atomic E-state index is 0.220.